The average Bonchev–Trinajstić information content (AvgIpc) is 3.14. The van der Waals surface area contributed by atoms with E-state index in [9.17, 15) is 9.59 Å². The number of aromatic nitrogens is 2. The zero-order valence-corrected chi connectivity index (χ0v) is 13.2. The molecule has 1 aliphatic rings. The normalized spacial score (nSPS) is 17.7. The molecule has 0 aromatic carbocycles. The maximum absolute atomic E-state index is 12.2. The van der Waals surface area contributed by atoms with Crippen LogP contribution in [-0.4, -0.2) is 59.1 Å². The molecule has 2 heterocycles. The Labute approximate surface area is 130 Å². The van der Waals surface area contributed by atoms with Gasteiger partial charge in [-0.1, -0.05) is 0 Å². The fraction of sp³-hybridized carbons (Fsp3) is 0.667. The first-order valence-electron chi connectivity index (χ1n) is 7.74. The molecule has 1 aromatic heterocycles. The van der Waals surface area contributed by atoms with Gasteiger partial charge in [-0.15, -0.1) is 0 Å². The first-order valence-corrected chi connectivity index (χ1v) is 7.74. The lowest BCUT2D eigenvalue weighted by atomic mass is 10.2. The number of esters is 1. The summed E-state index contributed by atoms with van der Waals surface area (Å²) in [5.41, 5.74) is 0. The van der Waals surface area contributed by atoms with Crippen molar-refractivity contribution < 1.29 is 14.3 Å². The van der Waals surface area contributed by atoms with Gasteiger partial charge in [0.1, 0.15) is 12.4 Å². The van der Waals surface area contributed by atoms with Gasteiger partial charge in [0.15, 0.2) is 0 Å². The monoisotopic (exact) mass is 308 g/mol. The van der Waals surface area contributed by atoms with E-state index in [0.29, 0.717) is 25.5 Å². The number of likely N-dealkylation sites (N-methyl/N-ethyl adjacent to an activating group) is 1. The van der Waals surface area contributed by atoms with Crippen molar-refractivity contribution in [3.63, 3.8) is 0 Å². The Kier molecular flexibility index (Phi) is 5.94. The lowest BCUT2D eigenvalue weighted by Crippen LogP contribution is -2.33. The Morgan fingerprint density at radius 3 is 3.00 bits per heavy atom. The molecule has 122 valence electrons. The van der Waals surface area contributed by atoms with E-state index in [-0.39, 0.29) is 18.4 Å². The van der Waals surface area contributed by atoms with Gasteiger partial charge in [0, 0.05) is 44.4 Å². The number of aryl methyl sites for hydroxylation is 1. The van der Waals surface area contributed by atoms with Crippen molar-refractivity contribution >= 4 is 11.9 Å². The highest BCUT2D eigenvalue weighted by Gasteiger charge is 2.24. The van der Waals surface area contributed by atoms with Crippen molar-refractivity contribution in [3.8, 4) is 0 Å². The van der Waals surface area contributed by atoms with Crippen LogP contribution in [-0.2, 0) is 27.3 Å². The second kappa shape index (κ2) is 7.93. The van der Waals surface area contributed by atoms with Gasteiger partial charge < -0.3 is 19.5 Å². The minimum atomic E-state index is -0.288. The Bertz CT molecular complexity index is 515. The summed E-state index contributed by atoms with van der Waals surface area (Å²) < 4.78 is 6.67. The number of carbonyl (C=O) groups excluding carboxylic acids is 2. The molecule has 0 radical (unpaired) electrons. The van der Waals surface area contributed by atoms with Crippen LogP contribution < -0.4 is 5.32 Å². The molecule has 22 heavy (non-hydrogen) atoms. The third kappa shape index (κ3) is 4.30. The number of imidazole rings is 1. The number of hydrogen-bond acceptors (Lipinski definition) is 5. The van der Waals surface area contributed by atoms with Crippen LogP contribution in [0.5, 0.6) is 0 Å². The van der Waals surface area contributed by atoms with E-state index >= 15 is 0 Å². The molecule has 1 aliphatic heterocycles. The average molecular weight is 308 g/mol. The molecule has 1 unspecified atom stereocenters. The zero-order valence-electron chi connectivity index (χ0n) is 13.2. The zero-order chi connectivity index (χ0) is 15.9. The fourth-order valence-corrected chi connectivity index (χ4v) is 2.66. The second-order valence-electron chi connectivity index (χ2n) is 5.39. The lowest BCUT2D eigenvalue weighted by molar-refractivity contribution is -0.143. The summed E-state index contributed by atoms with van der Waals surface area (Å²) >= 11 is 0. The number of likely N-dealkylation sites (tertiary alicyclic amines) is 1. The Balaban J connectivity index is 1.83. The topological polar surface area (TPSA) is 76.5 Å². The smallest absolute Gasteiger partial charge is 0.325 e. The molecule has 1 fully saturated rings. The third-order valence-corrected chi connectivity index (χ3v) is 3.92. The number of ether oxygens (including phenoxy) is 1. The predicted molar refractivity (Wildman–Crippen MR) is 81.2 cm³/mol. The molecule has 1 atom stereocenters. The standard InChI is InChI=1S/C15H24N4O3/c1-3-22-15(21)11-18-9-7-17-13(18)4-5-14(20)19-8-6-12(10-19)16-2/h7,9,12,16H,3-6,8,10-11H2,1-2H3. The highest BCUT2D eigenvalue weighted by Crippen LogP contribution is 2.11. The SMILES string of the molecule is CCOC(=O)Cn1ccnc1CCC(=O)N1CCC(NC)C1. The molecule has 7 nitrogen and oxygen atoms in total. The molecule has 0 bridgehead atoms. The third-order valence-electron chi connectivity index (χ3n) is 3.92. The maximum atomic E-state index is 12.2. The van der Waals surface area contributed by atoms with Crippen molar-refractivity contribution in [1.82, 2.24) is 19.8 Å². The minimum Gasteiger partial charge on any atom is -0.465 e. The Morgan fingerprint density at radius 1 is 1.50 bits per heavy atom. The van der Waals surface area contributed by atoms with Gasteiger partial charge in [0.05, 0.1) is 6.61 Å². The molecule has 1 amide bonds. The number of nitrogens with zero attached hydrogens (tertiary/aromatic N) is 3. The largest absolute Gasteiger partial charge is 0.465 e. The maximum Gasteiger partial charge on any atom is 0.325 e. The van der Waals surface area contributed by atoms with E-state index in [2.05, 4.69) is 10.3 Å². The van der Waals surface area contributed by atoms with Crippen LogP contribution in [0.4, 0.5) is 0 Å². The fourth-order valence-electron chi connectivity index (χ4n) is 2.66. The van der Waals surface area contributed by atoms with Crippen LogP contribution in [0.3, 0.4) is 0 Å². The van der Waals surface area contributed by atoms with Crippen molar-refractivity contribution in [1.29, 1.82) is 0 Å². The molecular weight excluding hydrogens is 284 g/mol. The van der Waals surface area contributed by atoms with Crippen molar-refractivity contribution in [3.05, 3.63) is 18.2 Å². The Morgan fingerprint density at radius 2 is 2.32 bits per heavy atom. The van der Waals surface area contributed by atoms with E-state index in [0.717, 1.165) is 25.3 Å². The van der Waals surface area contributed by atoms with Crippen LogP contribution in [0.15, 0.2) is 12.4 Å². The van der Waals surface area contributed by atoms with Crippen LogP contribution in [0.25, 0.3) is 0 Å². The van der Waals surface area contributed by atoms with Gasteiger partial charge in [-0.2, -0.15) is 0 Å². The summed E-state index contributed by atoms with van der Waals surface area (Å²) in [5, 5.41) is 3.20. The van der Waals surface area contributed by atoms with E-state index in [1.54, 1.807) is 23.9 Å². The van der Waals surface area contributed by atoms with Gasteiger partial charge in [-0.25, -0.2) is 4.98 Å². The summed E-state index contributed by atoms with van der Waals surface area (Å²) in [6.07, 6.45) is 5.33. The number of amides is 1. The number of carbonyl (C=O) groups is 2. The first kappa shape index (κ1) is 16.5. The number of hydrogen-bond donors (Lipinski definition) is 1. The molecule has 0 saturated carbocycles. The Hall–Kier alpha value is -1.89. The van der Waals surface area contributed by atoms with Crippen molar-refractivity contribution in [2.24, 2.45) is 0 Å². The van der Waals surface area contributed by atoms with E-state index < -0.39 is 0 Å². The molecule has 0 spiro atoms. The van der Waals surface area contributed by atoms with Crippen molar-refractivity contribution in [2.75, 3.05) is 26.7 Å². The molecule has 2 rings (SSSR count). The predicted octanol–water partition coefficient (Wildman–Crippen LogP) is 0.199. The van der Waals surface area contributed by atoms with Gasteiger partial charge in [0.25, 0.3) is 0 Å². The molecule has 1 saturated heterocycles. The molecule has 7 heteroatoms. The van der Waals surface area contributed by atoms with Gasteiger partial charge >= 0.3 is 5.97 Å². The van der Waals surface area contributed by atoms with E-state index in [4.69, 9.17) is 4.74 Å². The summed E-state index contributed by atoms with van der Waals surface area (Å²) in [6, 6.07) is 0.398. The van der Waals surface area contributed by atoms with Gasteiger partial charge in [-0.3, -0.25) is 9.59 Å². The molecule has 0 aliphatic carbocycles. The number of rotatable bonds is 7. The lowest BCUT2D eigenvalue weighted by Gasteiger charge is -2.16. The van der Waals surface area contributed by atoms with Crippen LogP contribution in [0.2, 0.25) is 0 Å². The van der Waals surface area contributed by atoms with Gasteiger partial charge in [-0.05, 0) is 20.4 Å². The highest BCUT2D eigenvalue weighted by atomic mass is 16.5. The van der Waals surface area contributed by atoms with Crippen LogP contribution in [0.1, 0.15) is 25.6 Å². The second-order valence-corrected chi connectivity index (χ2v) is 5.39. The quantitative estimate of drug-likeness (QED) is 0.728. The summed E-state index contributed by atoms with van der Waals surface area (Å²) in [6.45, 7) is 3.86. The summed E-state index contributed by atoms with van der Waals surface area (Å²) in [7, 11) is 1.92. The molecular formula is C15H24N4O3. The molecule has 1 aromatic rings. The number of nitrogens with one attached hydrogen (secondary N) is 1. The van der Waals surface area contributed by atoms with E-state index in [1.165, 1.54) is 0 Å². The highest BCUT2D eigenvalue weighted by molar-refractivity contribution is 5.76. The van der Waals surface area contributed by atoms with Crippen LogP contribution >= 0.6 is 0 Å². The van der Waals surface area contributed by atoms with Crippen molar-refractivity contribution in [2.45, 2.75) is 38.8 Å². The summed E-state index contributed by atoms with van der Waals surface area (Å²) in [4.78, 5) is 29.9. The molecule has 1 N–H and O–H groups in total. The van der Waals surface area contributed by atoms with E-state index in [1.807, 2.05) is 11.9 Å². The minimum absolute atomic E-state index is 0.142. The first-order chi connectivity index (χ1) is 10.6. The summed E-state index contributed by atoms with van der Waals surface area (Å²) in [5.74, 6) is 0.596. The van der Waals surface area contributed by atoms with Crippen LogP contribution in [0, 0.1) is 0 Å². The van der Waals surface area contributed by atoms with Gasteiger partial charge in [0.2, 0.25) is 5.91 Å².